The normalized spacial score (nSPS) is 12.0. The maximum absolute atomic E-state index is 11.0. The second-order valence-electron chi connectivity index (χ2n) is 4.72. The van der Waals surface area contributed by atoms with E-state index in [1.54, 1.807) is 31.2 Å². The maximum atomic E-state index is 11.0. The Morgan fingerprint density at radius 1 is 1.38 bits per heavy atom. The van der Waals surface area contributed by atoms with Crippen molar-refractivity contribution >= 4 is 5.69 Å². The van der Waals surface area contributed by atoms with E-state index in [4.69, 9.17) is 10.5 Å². The fourth-order valence-electron chi connectivity index (χ4n) is 1.91. The molecule has 0 saturated heterocycles. The number of aryl methyl sites for hydroxylation is 1. The second-order valence-corrected chi connectivity index (χ2v) is 4.72. The summed E-state index contributed by atoms with van der Waals surface area (Å²) in [6.45, 7) is 3.74. The van der Waals surface area contributed by atoms with E-state index in [0.717, 1.165) is 12.1 Å². The van der Waals surface area contributed by atoms with Crippen LogP contribution in [0, 0.1) is 17.0 Å². The number of hydrogen-bond donors (Lipinski definition) is 1. The molecule has 2 N–H and O–H groups in total. The molecule has 0 radical (unpaired) electrons. The van der Waals surface area contributed by atoms with Crippen LogP contribution in [0.4, 0.5) is 5.69 Å². The summed E-state index contributed by atoms with van der Waals surface area (Å²) in [5.74, 6) is 0.677. The van der Waals surface area contributed by atoms with Crippen LogP contribution in [0.1, 0.15) is 30.6 Å². The lowest BCUT2D eigenvalue weighted by Crippen LogP contribution is -2.10. The zero-order valence-corrected chi connectivity index (χ0v) is 11.9. The Kier molecular flexibility index (Phi) is 4.49. The zero-order chi connectivity index (χ0) is 15.4. The van der Waals surface area contributed by atoms with Crippen molar-refractivity contribution in [3.8, 4) is 11.5 Å². The van der Waals surface area contributed by atoms with Gasteiger partial charge in [0, 0.05) is 12.1 Å². The van der Waals surface area contributed by atoms with Crippen molar-refractivity contribution in [2.45, 2.75) is 26.3 Å². The van der Waals surface area contributed by atoms with E-state index in [1.807, 2.05) is 6.92 Å². The number of nitrogens with zero attached hydrogens (tertiary/aromatic N) is 2. The summed E-state index contributed by atoms with van der Waals surface area (Å²) in [4.78, 5) is 14.8. The average Bonchev–Trinajstić information content (AvgIpc) is 2.49. The lowest BCUT2D eigenvalue weighted by molar-refractivity contribution is -0.385. The third-order valence-electron chi connectivity index (χ3n) is 3.19. The molecule has 1 aromatic carbocycles. The van der Waals surface area contributed by atoms with Gasteiger partial charge in [-0.15, -0.1) is 0 Å². The van der Waals surface area contributed by atoms with Crippen LogP contribution in [-0.4, -0.2) is 9.91 Å². The SMILES string of the molecule is CCC(N)c1ccc(Oc2c(C)cccc2[N+](=O)[O-])cn1. The lowest BCUT2D eigenvalue weighted by Gasteiger charge is -2.11. The number of pyridine rings is 1. The first-order valence-electron chi connectivity index (χ1n) is 6.66. The fourth-order valence-corrected chi connectivity index (χ4v) is 1.91. The Morgan fingerprint density at radius 2 is 2.14 bits per heavy atom. The third kappa shape index (κ3) is 3.35. The molecule has 110 valence electrons. The summed E-state index contributed by atoms with van der Waals surface area (Å²) < 4.78 is 5.62. The highest BCUT2D eigenvalue weighted by Gasteiger charge is 2.18. The van der Waals surface area contributed by atoms with Gasteiger partial charge < -0.3 is 10.5 Å². The van der Waals surface area contributed by atoms with Crippen LogP contribution in [0.2, 0.25) is 0 Å². The van der Waals surface area contributed by atoms with Crippen LogP contribution < -0.4 is 10.5 Å². The molecule has 0 aliphatic carbocycles. The number of nitro groups is 1. The number of benzene rings is 1. The number of hydrogen-bond acceptors (Lipinski definition) is 5. The van der Waals surface area contributed by atoms with Gasteiger partial charge in [-0.3, -0.25) is 15.1 Å². The van der Waals surface area contributed by atoms with Gasteiger partial charge in [-0.2, -0.15) is 0 Å². The van der Waals surface area contributed by atoms with Gasteiger partial charge in [0.15, 0.2) is 0 Å². The standard InChI is InChI=1S/C15H17N3O3/c1-3-12(16)13-8-7-11(9-17-13)21-15-10(2)5-4-6-14(15)18(19)20/h4-9,12H,3,16H2,1-2H3. The number of rotatable bonds is 5. The summed E-state index contributed by atoms with van der Waals surface area (Å²) in [6, 6.07) is 8.17. The van der Waals surface area contributed by atoms with E-state index in [-0.39, 0.29) is 17.5 Å². The molecule has 0 amide bonds. The maximum Gasteiger partial charge on any atom is 0.311 e. The van der Waals surface area contributed by atoms with Crippen molar-refractivity contribution in [1.82, 2.24) is 4.98 Å². The van der Waals surface area contributed by atoms with Crippen LogP contribution >= 0.6 is 0 Å². The van der Waals surface area contributed by atoms with Gasteiger partial charge in [0.2, 0.25) is 5.75 Å². The zero-order valence-electron chi connectivity index (χ0n) is 11.9. The van der Waals surface area contributed by atoms with E-state index in [0.29, 0.717) is 11.3 Å². The van der Waals surface area contributed by atoms with Gasteiger partial charge in [-0.25, -0.2) is 0 Å². The van der Waals surface area contributed by atoms with Gasteiger partial charge in [0.25, 0.3) is 0 Å². The molecule has 6 heteroatoms. The van der Waals surface area contributed by atoms with Gasteiger partial charge in [0.1, 0.15) is 5.75 Å². The number of para-hydroxylation sites is 1. The smallest absolute Gasteiger partial charge is 0.311 e. The highest BCUT2D eigenvalue weighted by atomic mass is 16.6. The average molecular weight is 287 g/mol. The van der Waals surface area contributed by atoms with Crippen molar-refractivity contribution in [3.05, 3.63) is 57.9 Å². The summed E-state index contributed by atoms with van der Waals surface area (Å²) in [7, 11) is 0. The fraction of sp³-hybridized carbons (Fsp3) is 0.267. The highest BCUT2D eigenvalue weighted by Crippen LogP contribution is 2.34. The monoisotopic (exact) mass is 287 g/mol. The van der Waals surface area contributed by atoms with Crippen LogP contribution in [0.15, 0.2) is 36.5 Å². The Balaban J connectivity index is 2.28. The van der Waals surface area contributed by atoms with Crippen LogP contribution in [0.5, 0.6) is 11.5 Å². The number of ether oxygens (including phenoxy) is 1. The Bertz CT molecular complexity index is 641. The van der Waals surface area contributed by atoms with Crippen molar-refractivity contribution < 1.29 is 9.66 Å². The summed E-state index contributed by atoms with van der Waals surface area (Å²) >= 11 is 0. The van der Waals surface area contributed by atoms with Crippen LogP contribution in [0.25, 0.3) is 0 Å². The minimum absolute atomic E-state index is 0.0654. The number of nitrogens with two attached hydrogens (primary N) is 1. The molecule has 1 atom stereocenters. The minimum Gasteiger partial charge on any atom is -0.448 e. The molecule has 21 heavy (non-hydrogen) atoms. The predicted molar refractivity (Wildman–Crippen MR) is 79.4 cm³/mol. The minimum atomic E-state index is -0.461. The molecule has 1 heterocycles. The van der Waals surface area contributed by atoms with E-state index in [1.165, 1.54) is 12.3 Å². The molecule has 6 nitrogen and oxygen atoms in total. The Hall–Kier alpha value is -2.47. The lowest BCUT2D eigenvalue weighted by atomic mass is 10.1. The molecule has 2 rings (SSSR count). The van der Waals surface area contributed by atoms with Crippen molar-refractivity contribution in [3.63, 3.8) is 0 Å². The Morgan fingerprint density at radius 3 is 2.71 bits per heavy atom. The largest absolute Gasteiger partial charge is 0.448 e. The van der Waals surface area contributed by atoms with Gasteiger partial charge in [0.05, 0.1) is 16.8 Å². The van der Waals surface area contributed by atoms with Crippen molar-refractivity contribution in [2.75, 3.05) is 0 Å². The van der Waals surface area contributed by atoms with Gasteiger partial charge in [-0.1, -0.05) is 19.1 Å². The van der Waals surface area contributed by atoms with Crippen molar-refractivity contribution in [2.24, 2.45) is 5.73 Å². The first kappa shape index (κ1) is 14.9. The van der Waals surface area contributed by atoms with E-state index >= 15 is 0 Å². The molecular weight excluding hydrogens is 270 g/mol. The van der Waals surface area contributed by atoms with Crippen LogP contribution in [-0.2, 0) is 0 Å². The van der Waals surface area contributed by atoms with E-state index in [2.05, 4.69) is 4.98 Å². The summed E-state index contributed by atoms with van der Waals surface area (Å²) in [6.07, 6.45) is 2.32. The van der Waals surface area contributed by atoms with E-state index < -0.39 is 4.92 Å². The van der Waals surface area contributed by atoms with Crippen molar-refractivity contribution in [1.29, 1.82) is 0 Å². The number of aromatic nitrogens is 1. The second kappa shape index (κ2) is 6.32. The molecular formula is C15H17N3O3. The highest BCUT2D eigenvalue weighted by molar-refractivity contribution is 5.52. The van der Waals surface area contributed by atoms with Gasteiger partial charge >= 0.3 is 5.69 Å². The van der Waals surface area contributed by atoms with Gasteiger partial charge in [-0.05, 0) is 31.0 Å². The Labute approximate surface area is 122 Å². The molecule has 1 unspecified atom stereocenters. The molecule has 1 aromatic heterocycles. The quantitative estimate of drug-likeness (QED) is 0.671. The molecule has 2 aromatic rings. The summed E-state index contributed by atoms with van der Waals surface area (Å²) in [5, 5.41) is 11.0. The third-order valence-corrected chi connectivity index (χ3v) is 3.19. The molecule has 0 bridgehead atoms. The molecule has 0 saturated carbocycles. The first-order valence-corrected chi connectivity index (χ1v) is 6.66. The van der Waals surface area contributed by atoms with E-state index in [9.17, 15) is 10.1 Å². The number of nitro benzene ring substituents is 1. The summed E-state index contributed by atoms with van der Waals surface area (Å²) in [5.41, 5.74) is 7.29. The van der Waals surface area contributed by atoms with Crippen LogP contribution in [0.3, 0.4) is 0 Å². The predicted octanol–water partition coefficient (Wildman–Crippen LogP) is 3.50. The molecule has 0 fully saturated rings. The molecule has 0 aliphatic heterocycles. The first-order chi connectivity index (χ1) is 10.0. The molecule has 0 aliphatic rings. The topological polar surface area (TPSA) is 91.3 Å². The molecule has 0 spiro atoms.